The van der Waals surface area contributed by atoms with Gasteiger partial charge in [0.05, 0.1) is 33.3 Å². The summed E-state index contributed by atoms with van der Waals surface area (Å²) in [6.45, 7) is 2.65. The molecular weight excluding hydrogens is 274 g/mol. The van der Waals surface area contributed by atoms with Crippen molar-refractivity contribution >= 4 is 11.9 Å². The topological polar surface area (TPSA) is 65.1 Å². The molecule has 1 aromatic rings. The summed E-state index contributed by atoms with van der Waals surface area (Å²) in [5.74, 6) is 0.515. The molecule has 0 atom stereocenters. The highest BCUT2D eigenvalue weighted by Crippen LogP contribution is 2.25. The van der Waals surface area contributed by atoms with E-state index in [-0.39, 0.29) is 18.3 Å². The number of hydrogen-bond donors (Lipinski definition) is 0. The highest BCUT2D eigenvalue weighted by Gasteiger charge is 2.19. The molecule has 0 saturated heterocycles. The van der Waals surface area contributed by atoms with Crippen molar-refractivity contribution in [3.63, 3.8) is 0 Å². The number of rotatable bonds is 7. The van der Waals surface area contributed by atoms with Crippen molar-refractivity contribution in [3.8, 4) is 11.5 Å². The van der Waals surface area contributed by atoms with Gasteiger partial charge in [0.2, 0.25) is 0 Å². The van der Waals surface area contributed by atoms with E-state index in [0.717, 1.165) is 0 Å². The second-order valence-corrected chi connectivity index (χ2v) is 4.28. The molecule has 0 bridgehead atoms. The van der Waals surface area contributed by atoms with Crippen LogP contribution in [0, 0.1) is 0 Å². The number of ether oxygens (including phenoxy) is 3. The van der Waals surface area contributed by atoms with Crippen LogP contribution in [0.2, 0.25) is 0 Å². The zero-order chi connectivity index (χ0) is 15.8. The summed E-state index contributed by atoms with van der Waals surface area (Å²) in [6, 6.07) is 5.01. The molecule has 1 rings (SSSR count). The molecule has 0 aliphatic rings. The van der Waals surface area contributed by atoms with Crippen molar-refractivity contribution in [2.45, 2.75) is 13.3 Å². The minimum Gasteiger partial charge on any atom is -0.497 e. The largest absolute Gasteiger partial charge is 0.497 e. The summed E-state index contributed by atoms with van der Waals surface area (Å²) in [4.78, 5) is 25.3. The molecule has 0 N–H and O–H groups in total. The molecule has 6 heteroatoms. The number of esters is 1. The third kappa shape index (κ3) is 4.37. The predicted octanol–water partition coefficient (Wildman–Crippen LogP) is 1.73. The summed E-state index contributed by atoms with van der Waals surface area (Å²) >= 11 is 0. The third-order valence-electron chi connectivity index (χ3n) is 3.12. The van der Waals surface area contributed by atoms with Gasteiger partial charge < -0.3 is 19.1 Å². The van der Waals surface area contributed by atoms with Crippen LogP contribution in [0.5, 0.6) is 11.5 Å². The molecule has 1 aromatic carbocycles. The van der Waals surface area contributed by atoms with Gasteiger partial charge in [-0.25, -0.2) is 0 Å². The smallest absolute Gasteiger partial charge is 0.307 e. The van der Waals surface area contributed by atoms with E-state index >= 15 is 0 Å². The Morgan fingerprint density at radius 1 is 1.14 bits per heavy atom. The lowest BCUT2D eigenvalue weighted by atomic mass is 10.1. The monoisotopic (exact) mass is 295 g/mol. The molecule has 0 aliphatic heterocycles. The summed E-state index contributed by atoms with van der Waals surface area (Å²) in [7, 11) is 4.37. The van der Waals surface area contributed by atoms with Gasteiger partial charge >= 0.3 is 5.97 Å². The van der Waals surface area contributed by atoms with Crippen molar-refractivity contribution in [3.05, 3.63) is 23.8 Å². The Kier molecular flexibility index (Phi) is 6.52. The Hall–Kier alpha value is -2.24. The van der Waals surface area contributed by atoms with Crippen molar-refractivity contribution in [2.24, 2.45) is 0 Å². The first-order valence-corrected chi connectivity index (χ1v) is 6.65. The molecule has 0 saturated carbocycles. The number of carbonyl (C=O) groups is 2. The van der Waals surface area contributed by atoms with E-state index in [1.165, 1.54) is 14.2 Å². The Balaban J connectivity index is 2.91. The van der Waals surface area contributed by atoms with E-state index in [1.807, 2.05) is 6.92 Å². The zero-order valence-electron chi connectivity index (χ0n) is 12.8. The second kappa shape index (κ2) is 8.14. The van der Waals surface area contributed by atoms with Crippen LogP contribution in [0.1, 0.15) is 23.7 Å². The van der Waals surface area contributed by atoms with Gasteiger partial charge in [0, 0.05) is 19.2 Å². The summed E-state index contributed by atoms with van der Waals surface area (Å²) in [6.07, 6.45) is 0.161. The molecule has 0 unspecified atom stereocenters. The number of benzene rings is 1. The Bertz CT molecular complexity index is 501. The molecule has 1 amide bonds. The Morgan fingerprint density at radius 3 is 2.38 bits per heavy atom. The quantitative estimate of drug-likeness (QED) is 0.717. The van der Waals surface area contributed by atoms with Crippen LogP contribution in [0.4, 0.5) is 0 Å². The SMILES string of the molecule is CCN(CCC(=O)OC)C(=O)c1ccc(OC)cc1OC. The van der Waals surface area contributed by atoms with E-state index in [9.17, 15) is 9.59 Å². The average molecular weight is 295 g/mol. The zero-order valence-corrected chi connectivity index (χ0v) is 12.8. The molecule has 0 aromatic heterocycles. The van der Waals surface area contributed by atoms with Crippen molar-refractivity contribution in [1.29, 1.82) is 0 Å². The van der Waals surface area contributed by atoms with E-state index in [1.54, 1.807) is 30.2 Å². The first-order chi connectivity index (χ1) is 10.1. The third-order valence-corrected chi connectivity index (χ3v) is 3.12. The van der Waals surface area contributed by atoms with E-state index in [2.05, 4.69) is 4.74 Å². The first-order valence-electron chi connectivity index (χ1n) is 6.65. The molecule has 0 spiro atoms. The standard InChI is InChI=1S/C15H21NO5/c1-5-16(9-8-14(17)21-4)15(18)12-7-6-11(19-2)10-13(12)20-3/h6-7,10H,5,8-9H2,1-4H3. The van der Waals surface area contributed by atoms with Crippen molar-refractivity contribution in [2.75, 3.05) is 34.4 Å². The van der Waals surface area contributed by atoms with Crippen LogP contribution < -0.4 is 9.47 Å². The molecule has 6 nitrogen and oxygen atoms in total. The maximum absolute atomic E-state index is 12.5. The average Bonchev–Trinajstić information content (AvgIpc) is 2.53. The van der Waals surface area contributed by atoms with Crippen molar-refractivity contribution < 1.29 is 23.8 Å². The summed E-state index contributed by atoms with van der Waals surface area (Å²) in [5.41, 5.74) is 0.435. The molecule has 0 radical (unpaired) electrons. The molecule has 0 heterocycles. The minimum atomic E-state index is -0.344. The van der Waals surface area contributed by atoms with Crippen molar-refractivity contribution in [1.82, 2.24) is 4.90 Å². The predicted molar refractivity (Wildman–Crippen MR) is 77.8 cm³/mol. The lowest BCUT2D eigenvalue weighted by molar-refractivity contribution is -0.140. The normalized spacial score (nSPS) is 9.90. The lowest BCUT2D eigenvalue weighted by Gasteiger charge is -2.21. The van der Waals surface area contributed by atoms with E-state index in [4.69, 9.17) is 9.47 Å². The minimum absolute atomic E-state index is 0.161. The van der Waals surface area contributed by atoms with Crippen LogP contribution in [0.3, 0.4) is 0 Å². The van der Waals surface area contributed by atoms with Crippen LogP contribution in [0.25, 0.3) is 0 Å². The number of nitrogens with zero attached hydrogens (tertiary/aromatic N) is 1. The summed E-state index contributed by atoms with van der Waals surface area (Å²) in [5, 5.41) is 0. The molecular formula is C15H21NO5. The van der Waals surface area contributed by atoms with Crippen LogP contribution in [-0.2, 0) is 9.53 Å². The van der Waals surface area contributed by atoms with Gasteiger partial charge in [0.15, 0.2) is 0 Å². The van der Waals surface area contributed by atoms with Gasteiger partial charge in [-0.2, -0.15) is 0 Å². The molecule has 21 heavy (non-hydrogen) atoms. The van der Waals surface area contributed by atoms with E-state index < -0.39 is 0 Å². The van der Waals surface area contributed by atoms with Gasteiger partial charge in [-0.15, -0.1) is 0 Å². The lowest BCUT2D eigenvalue weighted by Crippen LogP contribution is -2.33. The molecule has 116 valence electrons. The molecule has 0 aliphatic carbocycles. The number of methoxy groups -OCH3 is 3. The second-order valence-electron chi connectivity index (χ2n) is 4.28. The van der Waals surface area contributed by atoms with Gasteiger partial charge in [-0.1, -0.05) is 0 Å². The van der Waals surface area contributed by atoms with Gasteiger partial charge in [0.25, 0.3) is 5.91 Å². The fraction of sp³-hybridized carbons (Fsp3) is 0.467. The van der Waals surface area contributed by atoms with Gasteiger partial charge in [-0.05, 0) is 19.1 Å². The fourth-order valence-electron chi connectivity index (χ4n) is 1.88. The molecule has 0 fully saturated rings. The van der Waals surface area contributed by atoms with Crippen LogP contribution in [0.15, 0.2) is 18.2 Å². The Morgan fingerprint density at radius 2 is 1.86 bits per heavy atom. The Labute approximate surface area is 124 Å². The van der Waals surface area contributed by atoms with Gasteiger partial charge in [-0.3, -0.25) is 9.59 Å². The highest BCUT2D eigenvalue weighted by molar-refractivity contribution is 5.97. The van der Waals surface area contributed by atoms with E-state index in [0.29, 0.717) is 30.2 Å². The highest BCUT2D eigenvalue weighted by atomic mass is 16.5. The van der Waals surface area contributed by atoms with Crippen LogP contribution in [-0.4, -0.2) is 51.2 Å². The van der Waals surface area contributed by atoms with Gasteiger partial charge in [0.1, 0.15) is 11.5 Å². The number of hydrogen-bond acceptors (Lipinski definition) is 5. The summed E-state index contributed by atoms with van der Waals surface area (Å²) < 4.78 is 14.9. The van der Waals surface area contributed by atoms with Crippen LogP contribution >= 0.6 is 0 Å². The first kappa shape index (κ1) is 16.8. The number of amides is 1. The fourth-order valence-corrected chi connectivity index (χ4v) is 1.88. The maximum Gasteiger partial charge on any atom is 0.307 e. The maximum atomic E-state index is 12.5. The number of carbonyl (C=O) groups excluding carboxylic acids is 2.